The van der Waals surface area contributed by atoms with Crippen molar-refractivity contribution in [2.75, 3.05) is 30.8 Å². The standard InChI is InChI=1S/C22H30N2O5S/c1-17-7-5-8-19(15-17)24(30(4,26)27)14-6-9-22(25)23-18(2)16-29-21-12-10-20(28-3)11-13-21/h5,7-8,10-13,15,18H,6,9,14,16H2,1-4H3,(H,23,25). The number of nitrogens with one attached hydrogen (secondary N) is 1. The van der Waals surface area contributed by atoms with Crippen molar-refractivity contribution < 1.29 is 22.7 Å². The van der Waals surface area contributed by atoms with Crippen LogP contribution in [-0.2, 0) is 14.8 Å². The molecule has 0 aromatic heterocycles. The molecule has 0 saturated heterocycles. The first-order chi connectivity index (χ1) is 14.2. The molecule has 0 fully saturated rings. The van der Waals surface area contributed by atoms with E-state index in [0.29, 0.717) is 24.5 Å². The average molecular weight is 435 g/mol. The number of amides is 1. The van der Waals surface area contributed by atoms with Gasteiger partial charge in [0.05, 0.1) is 25.1 Å². The molecule has 0 aliphatic carbocycles. The molecule has 7 nitrogen and oxygen atoms in total. The van der Waals surface area contributed by atoms with Gasteiger partial charge >= 0.3 is 0 Å². The van der Waals surface area contributed by atoms with Crippen molar-refractivity contribution in [3.8, 4) is 11.5 Å². The first kappa shape index (κ1) is 23.5. The first-order valence-corrected chi connectivity index (χ1v) is 11.6. The van der Waals surface area contributed by atoms with E-state index in [1.54, 1.807) is 37.4 Å². The Kier molecular flexibility index (Phi) is 8.53. The molecule has 1 N–H and O–H groups in total. The maximum Gasteiger partial charge on any atom is 0.232 e. The highest BCUT2D eigenvalue weighted by atomic mass is 32.2. The third-order valence-corrected chi connectivity index (χ3v) is 5.62. The van der Waals surface area contributed by atoms with Crippen LogP contribution in [0.2, 0.25) is 0 Å². The van der Waals surface area contributed by atoms with E-state index in [4.69, 9.17) is 9.47 Å². The monoisotopic (exact) mass is 434 g/mol. The molecule has 2 aromatic carbocycles. The molecule has 1 amide bonds. The number of methoxy groups -OCH3 is 1. The molecule has 1 unspecified atom stereocenters. The minimum absolute atomic E-state index is 0.140. The highest BCUT2D eigenvalue weighted by molar-refractivity contribution is 7.92. The maximum atomic E-state index is 12.2. The third kappa shape index (κ3) is 7.59. The van der Waals surface area contributed by atoms with E-state index in [0.717, 1.165) is 11.3 Å². The fourth-order valence-electron chi connectivity index (χ4n) is 2.93. The molecule has 2 aromatic rings. The average Bonchev–Trinajstić information content (AvgIpc) is 2.69. The van der Waals surface area contributed by atoms with Crippen LogP contribution in [-0.4, -0.2) is 46.9 Å². The van der Waals surface area contributed by atoms with Crippen molar-refractivity contribution in [1.82, 2.24) is 5.32 Å². The smallest absolute Gasteiger partial charge is 0.232 e. The number of carbonyl (C=O) groups excluding carboxylic acids is 1. The summed E-state index contributed by atoms with van der Waals surface area (Å²) in [5.74, 6) is 1.30. The van der Waals surface area contributed by atoms with E-state index in [9.17, 15) is 13.2 Å². The number of aryl methyl sites for hydroxylation is 1. The zero-order valence-corrected chi connectivity index (χ0v) is 18.7. The van der Waals surface area contributed by atoms with Crippen LogP contribution in [0.1, 0.15) is 25.3 Å². The molecular formula is C22H30N2O5S. The number of hydrogen-bond donors (Lipinski definition) is 1. The lowest BCUT2D eigenvalue weighted by Crippen LogP contribution is -2.37. The van der Waals surface area contributed by atoms with Crippen LogP contribution >= 0.6 is 0 Å². The van der Waals surface area contributed by atoms with Crippen molar-refractivity contribution in [1.29, 1.82) is 0 Å². The highest BCUT2D eigenvalue weighted by Crippen LogP contribution is 2.20. The summed E-state index contributed by atoms with van der Waals surface area (Å²) >= 11 is 0. The largest absolute Gasteiger partial charge is 0.497 e. The van der Waals surface area contributed by atoms with E-state index in [2.05, 4.69) is 5.32 Å². The topological polar surface area (TPSA) is 84.9 Å². The Morgan fingerprint density at radius 3 is 2.40 bits per heavy atom. The minimum atomic E-state index is -3.43. The van der Waals surface area contributed by atoms with Crippen LogP contribution < -0.4 is 19.1 Å². The van der Waals surface area contributed by atoms with Crippen molar-refractivity contribution in [2.45, 2.75) is 32.7 Å². The summed E-state index contributed by atoms with van der Waals surface area (Å²) in [6.07, 6.45) is 1.82. The third-order valence-electron chi connectivity index (χ3n) is 4.42. The molecule has 8 heteroatoms. The summed E-state index contributed by atoms with van der Waals surface area (Å²) in [6.45, 7) is 4.34. The van der Waals surface area contributed by atoms with Gasteiger partial charge in [-0.2, -0.15) is 0 Å². The highest BCUT2D eigenvalue weighted by Gasteiger charge is 2.18. The van der Waals surface area contributed by atoms with Crippen LogP contribution in [0.3, 0.4) is 0 Å². The predicted octanol–water partition coefficient (Wildman–Crippen LogP) is 3.13. The van der Waals surface area contributed by atoms with Gasteiger partial charge < -0.3 is 14.8 Å². The number of nitrogens with zero attached hydrogens (tertiary/aromatic N) is 1. The quantitative estimate of drug-likeness (QED) is 0.587. The van der Waals surface area contributed by atoms with Gasteiger partial charge in [0.1, 0.15) is 18.1 Å². The second kappa shape index (κ2) is 10.9. The summed E-state index contributed by atoms with van der Waals surface area (Å²) < 4.78 is 36.4. The Bertz CT molecular complexity index is 929. The molecule has 30 heavy (non-hydrogen) atoms. The molecule has 1 atom stereocenters. The Morgan fingerprint density at radius 1 is 1.13 bits per heavy atom. The number of rotatable bonds is 11. The zero-order chi connectivity index (χ0) is 22.1. The molecule has 164 valence electrons. The lowest BCUT2D eigenvalue weighted by Gasteiger charge is -2.23. The van der Waals surface area contributed by atoms with Crippen LogP contribution in [0.15, 0.2) is 48.5 Å². The van der Waals surface area contributed by atoms with Gasteiger partial charge in [-0.05, 0) is 62.2 Å². The maximum absolute atomic E-state index is 12.2. The number of sulfonamides is 1. The predicted molar refractivity (Wildman–Crippen MR) is 119 cm³/mol. The second-order valence-electron chi connectivity index (χ2n) is 7.23. The molecule has 0 heterocycles. The van der Waals surface area contributed by atoms with Gasteiger partial charge in [0.15, 0.2) is 0 Å². The molecule has 0 saturated carbocycles. The summed E-state index contributed by atoms with van der Waals surface area (Å²) in [6, 6.07) is 14.3. The summed E-state index contributed by atoms with van der Waals surface area (Å²) in [7, 11) is -1.83. The van der Waals surface area contributed by atoms with Crippen LogP contribution in [0.25, 0.3) is 0 Å². The zero-order valence-electron chi connectivity index (χ0n) is 17.9. The van der Waals surface area contributed by atoms with E-state index in [1.807, 2.05) is 32.0 Å². The first-order valence-electron chi connectivity index (χ1n) is 9.79. The summed E-state index contributed by atoms with van der Waals surface area (Å²) in [4.78, 5) is 12.2. The van der Waals surface area contributed by atoms with Gasteiger partial charge in [-0.1, -0.05) is 12.1 Å². The Labute approximate surface area is 179 Å². The lowest BCUT2D eigenvalue weighted by molar-refractivity contribution is -0.121. The Hall–Kier alpha value is -2.74. The minimum Gasteiger partial charge on any atom is -0.497 e. The van der Waals surface area contributed by atoms with Gasteiger partial charge in [0, 0.05) is 13.0 Å². The number of anilines is 1. The number of benzene rings is 2. The summed E-state index contributed by atoms with van der Waals surface area (Å²) in [5, 5.41) is 2.88. The van der Waals surface area contributed by atoms with E-state index >= 15 is 0 Å². The van der Waals surface area contributed by atoms with Crippen LogP contribution in [0.4, 0.5) is 5.69 Å². The number of ether oxygens (including phenoxy) is 2. The SMILES string of the molecule is COc1ccc(OCC(C)NC(=O)CCCN(c2cccc(C)c2)S(C)(=O)=O)cc1. The molecule has 0 aliphatic rings. The van der Waals surface area contributed by atoms with Crippen LogP contribution in [0.5, 0.6) is 11.5 Å². The molecule has 0 aliphatic heterocycles. The van der Waals surface area contributed by atoms with Crippen molar-refractivity contribution in [3.63, 3.8) is 0 Å². The molecule has 0 bridgehead atoms. The van der Waals surface area contributed by atoms with Gasteiger partial charge in [0.25, 0.3) is 0 Å². The fraction of sp³-hybridized carbons (Fsp3) is 0.409. The van der Waals surface area contributed by atoms with Crippen molar-refractivity contribution in [2.24, 2.45) is 0 Å². The van der Waals surface area contributed by atoms with Crippen molar-refractivity contribution in [3.05, 3.63) is 54.1 Å². The second-order valence-corrected chi connectivity index (χ2v) is 9.14. The van der Waals surface area contributed by atoms with Crippen molar-refractivity contribution >= 4 is 21.6 Å². The molecule has 0 spiro atoms. The van der Waals surface area contributed by atoms with Crippen LogP contribution in [0, 0.1) is 6.92 Å². The van der Waals surface area contributed by atoms with Gasteiger partial charge in [-0.25, -0.2) is 8.42 Å². The fourth-order valence-corrected chi connectivity index (χ4v) is 3.89. The Balaban J connectivity index is 1.79. The number of hydrogen-bond acceptors (Lipinski definition) is 5. The normalized spacial score (nSPS) is 12.1. The van der Waals surface area contributed by atoms with Gasteiger partial charge in [-0.3, -0.25) is 9.10 Å². The number of carbonyl (C=O) groups is 1. The summed E-state index contributed by atoms with van der Waals surface area (Å²) in [5.41, 5.74) is 1.59. The molecular weight excluding hydrogens is 404 g/mol. The Morgan fingerprint density at radius 2 is 1.80 bits per heavy atom. The van der Waals surface area contributed by atoms with E-state index in [1.165, 1.54) is 10.6 Å². The van der Waals surface area contributed by atoms with E-state index < -0.39 is 10.0 Å². The molecule has 2 rings (SSSR count). The van der Waals surface area contributed by atoms with E-state index in [-0.39, 0.29) is 24.9 Å². The molecule has 0 radical (unpaired) electrons. The lowest BCUT2D eigenvalue weighted by atomic mass is 10.2. The van der Waals surface area contributed by atoms with Gasteiger partial charge in [0.2, 0.25) is 15.9 Å². The van der Waals surface area contributed by atoms with Gasteiger partial charge in [-0.15, -0.1) is 0 Å².